The molecule has 16 nitrogen and oxygen atoms in total. The van der Waals surface area contributed by atoms with Gasteiger partial charge in [0.25, 0.3) is 11.8 Å². The van der Waals surface area contributed by atoms with E-state index in [1.54, 1.807) is 23.9 Å². The normalized spacial score (nSPS) is 21.9. The lowest BCUT2D eigenvalue weighted by atomic mass is 9.92. The van der Waals surface area contributed by atoms with E-state index in [0.29, 0.717) is 70.6 Å². The van der Waals surface area contributed by atoms with Crippen LogP contribution in [0.5, 0.6) is 11.5 Å². The van der Waals surface area contributed by atoms with Crippen molar-refractivity contribution in [2.45, 2.75) is 56.7 Å². The summed E-state index contributed by atoms with van der Waals surface area (Å²) in [4.78, 5) is 72.8. The Kier molecular flexibility index (Phi) is 13.9. The van der Waals surface area contributed by atoms with Gasteiger partial charge in [-0.15, -0.1) is 0 Å². The van der Waals surface area contributed by atoms with Crippen molar-refractivity contribution in [1.82, 2.24) is 20.4 Å². The number of rotatable bonds is 18. The van der Waals surface area contributed by atoms with Crippen LogP contribution in [0.15, 0.2) is 47.5 Å². The average Bonchev–Trinajstić information content (AvgIpc) is 3.76. The first-order valence-corrected chi connectivity index (χ1v) is 20.8. The van der Waals surface area contributed by atoms with E-state index in [2.05, 4.69) is 15.5 Å². The molecule has 1 aliphatic carbocycles. The van der Waals surface area contributed by atoms with Crippen molar-refractivity contribution in [3.63, 3.8) is 0 Å². The third-order valence-electron chi connectivity index (χ3n) is 10.6. The molecule has 4 heterocycles. The van der Waals surface area contributed by atoms with Crippen molar-refractivity contribution in [2.75, 3.05) is 89.7 Å². The number of amides is 5. The van der Waals surface area contributed by atoms with Gasteiger partial charge in [-0.3, -0.25) is 39.2 Å². The summed E-state index contributed by atoms with van der Waals surface area (Å²) >= 11 is 1.54. The summed E-state index contributed by atoms with van der Waals surface area (Å²) in [6.45, 7) is 5.67. The van der Waals surface area contributed by atoms with Crippen molar-refractivity contribution in [3.05, 3.63) is 53.6 Å². The van der Waals surface area contributed by atoms with E-state index in [1.807, 2.05) is 29.2 Å². The highest BCUT2D eigenvalue weighted by Gasteiger charge is 2.46. The number of hydrogen-bond acceptors (Lipinski definition) is 14. The van der Waals surface area contributed by atoms with Crippen molar-refractivity contribution in [2.24, 2.45) is 4.99 Å². The number of aliphatic imine (C=N–C) groups is 1. The molecule has 7 rings (SSSR count). The molecule has 57 heavy (non-hydrogen) atoms. The van der Waals surface area contributed by atoms with Gasteiger partial charge in [0.15, 0.2) is 5.17 Å². The number of imide groups is 2. The second-order valence-electron chi connectivity index (χ2n) is 14.3. The Hall–Kier alpha value is -4.71. The Morgan fingerprint density at radius 1 is 0.772 bits per heavy atom. The smallest absolute Gasteiger partial charge is 0.266 e. The Balaban J connectivity index is 0.692. The maximum atomic E-state index is 13.2. The van der Waals surface area contributed by atoms with E-state index in [4.69, 9.17) is 28.7 Å². The van der Waals surface area contributed by atoms with E-state index in [1.165, 1.54) is 25.3 Å². The van der Waals surface area contributed by atoms with Crippen LogP contribution in [-0.2, 0) is 28.6 Å². The summed E-state index contributed by atoms with van der Waals surface area (Å²) < 4.78 is 28.4. The van der Waals surface area contributed by atoms with Crippen molar-refractivity contribution in [3.8, 4) is 11.5 Å². The number of carbonyl (C=O) groups excluding carboxylic acids is 5. The highest BCUT2D eigenvalue weighted by atomic mass is 32.2. The van der Waals surface area contributed by atoms with Crippen LogP contribution in [0.2, 0.25) is 0 Å². The molecule has 306 valence electrons. The monoisotopic (exact) mass is 806 g/mol. The zero-order valence-electron chi connectivity index (χ0n) is 32.0. The standard InChI is InChI=1S/C40H50N6O10S/c47-34-13-12-32(37(49)43-34)46-38(50)29-4-3-7-33(36(29)39(46)51)56-25-23-54-21-19-52-18-20-53-22-24-55-28-10-8-27(9-11-28)44-14-16-45(17-15-44)35(48)26-57-40-41-30-5-1-2-6-31(30)42-40/h3-4,7-11,30-32H,1-2,5-6,12-26H2,(H,41,42)(H,43,47,49)/t30-,31-,32-/m1/s1. The maximum Gasteiger partial charge on any atom is 0.266 e. The Morgan fingerprint density at radius 2 is 1.46 bits per heavy atom. The minimum Gasteiger partial charge on any atom is -0.491 e. The second kappa shape index (κ2) is 19.6. The number of nitrogens with one attached hydrogen (secondary N) is 2. The van der Waals surface area contributed by atoms with Crippen LogP contribution in [0.25, 0.3) is 0 Å². The first kappa shape index (κ1) is 40.5. The van der Waals surface area contributed by atoms with Gasteiger partial charge in [0.1, 0.15) is 30.8 Å². The minimum absolute atomic E-state index is 0.0508. The molecule has 5 aliphatic rings. The number of amidine groups is 1. The molecule has 2 aromatic carbocycles. The molecule has 0 radical (unpaired) electrons. The van der Waals surface area contributed by atoms with Gasteiger partial charge in [0.2, 0.25) is 17.7 Å². The molecule has 3 atom stereocenters. The molecule has 0 bridgehead atoms. The molecular formula is C40H50N6O10S. The summed E-state index contributed by atoms with van der Waals surface area (Å²) in [6, 6.07) is 12.5. The highest BCUT2D eigenvalue weighted by molar-refractivity contribution is 8.14. The Bertz CT molecular complexity index is 1800. The quantitative estimate of drug-likeness (QED) is 0.166. The number of piperazine rings is 1. The zero-order chi connectivity index (χ0) is 39.6. The Morgan fingerprint density at radius 3 is 2.16 bits per heavy atom. The topological polar surface area (TPSA) is 178 Å². The molecule has 3 fully saturated rings. The number of anilines is 1. The number of carbonyl (C=O) groups is 5. The third kappa shape index (κ3) is 10.2. The summed E-state index contributed by atoms with van der Waals surface area (Å²) in [5.41, 5.74) is 1.37. The second-order valence-corrected chi connectivity index (χ2v) is 15.3. The lowest BCUT2D eigenvalue weighted by Crippen LogP contribution is -2.54. The predicted molar refractivity (Wildman–Crippen MR) is 211 cm³/mol. The summed E-state index contributed by atoms with van der Waals surface area (Å²) in [6.07, 6.45) is 4.96. The number of hydrogen-bond donors (Lipinski definition) is 2. The molecule has 2 saturated heterocycles. The number of thioether (sulfide) groups is 1. The Labute approximate surface area is 335 Å². The largest absolute Gasteiger partial charge is 0.491 e. The van der Waals surface area contributed by atoms with E-state index < -0.39 is 29.7 Å². The van der Waals surface area contributed by atoms with Crippen molar-refractivity contribution >= 4 is 52.2 Å². The van der Waals surface area contributed by atoms with Crippen LogP contribution >= 0.6 is 11.8 Å². The van der Waals surface area contributed by atoms with Crippen LogP contribution in [0.4, 0.5) is 5.69 Å². The SMILES string of the molecule is O=C1CC[C@@H](N2C(=O)c3cccc(OCCOCCOCCOCCOc4ccc(N5CCN(C(=O)CSC6=N[C@@H]7CCCC[C@H]7N6)CC5)cc4)c3C2=O)C(=O)N1. The van der Waals surface area contributed by atoms with Crippen molar-refractivity contribution in [1.29, 1.82) is 0 Å². The molecule has 17 heteroatoms. The lowest BCUT2D eigenvalue weighted by molar-refractivity contribution is -0.136. The van der Waals surface area contributed by atoms with Crippen LogP contribution in [0.1, 0.15) is 59.2 Å². The van der Waals surface area contributed by atoms with Gasteiger partial charge in [0, 0.05) is 38.3 Å². The molecule has 0 aromatic heterocycles. The van der Waals surface area contributed by atoms with Crippen LogP contribution in [-0.4, -0.2) is 147 Å². The molecule has 0 unspecified atom stereocenters. The number of ether oxygens (including phenoxy) is 5. The van der Waals surface area contributed by atoms with Crippen LogP contribution < -0.4 is 25.0 Å². The fraction of sp³-hybridized carbons (Fsp3) is 0.550. The molecule has 2 N–H and O–H groups in total. The van der Waals surface area contributed by atoms with Crippen LogP contribution in [0.3, 0.4) is 0 Å². The van der Waals surface area contributed by atoms with Gasteiger partial charge < -0.3 is 38.8 Å². The molecule has 0 spiro atoms. The molecule has 4 aliphatic heterocycles. The van der Waals surface area contributed by atoms with Gasteiger partial charge in [-0.1, -0.05) is 30.7 Å². The van der Waals surface area contributed by atoms with Crippen LogP contribution in [0, 0.1) is 0 Å². The molecular weight excluding hydrogens is 757 g/mol. The van der Waals surface area contributed by atoms with E-state index in [9.17, 15) is 24.0 Å². The van der Waals surface area contributed by atoms with E-state index in [0.717, 1.165) is 41.0 Å². The van der Waals surface area contributed by atoms with Gasteiger partial charge in [-0.05, 0) is 55.7 Å². The number of benzene rings is 2. The van der Waals surface area contributed by atoms with E-state index in [-0.39, 0.29) is 48.8 Å². The summed E-state index contributed by atoms with van der Waals surface area (Å²) in [5, 5.41) is 6.64. The van der Waals surface area contributed by atoms with Gasteiger partial charge >= 0.3 is 0 Å². The average molecular weight is 807 g/mol. The minimum atomic E-state index is -1.04. The zero-order valence-corrected chi connectivity index (χ0v) is 32.8. The highest BCUT2D eigenvalue weighted by Crippen LogP contribution is 2.34. The van der Waals surface area contributed by atoms with Crippen molar-refractivity contribution < 1.29 is 47.7 Å². The first-order chi connectivity index (χ1) is 27.9. The molecule has 1 saturated carbocycles. The molecule has 2 aromatic rings. The van der Waals surface area contributed by atoms with Gasteiger partial charge in [-0.2, -0.15) is 0 Å². The fourth-order valence-electron chi connectivity index (χ4n) is 7.62. The predicted octanol–water partition coefficient (Wildman–Crippen LogP) is 2.25. The summed E-state index contributed by atoms with van der Waals surface area (Å²) in [5.74, 6) is -0.706. The fourth-order valence-corrected chi connectivity index (χ4v) is 8.51. The number of nitrogens with zero attached hydrogens (tertiary/aromatic N) is 4. The van der Waals surface area contributed by atoms with Gasteiger partial charge in [0.05, 0.1) is 68.6 Å². The van der Waals surface area contributed by atoms with Gasteiger partial charge in [-0.25, -0.2) is 0 Å². The third-order valence-corrected chi connectivity index (χ3v) is 11.5. The summed E-state index contributed by atoms with van der Waals surface area (Å²) in [7, 11) is 0. The van der Waals surface area contributed by atoms with E-state index >= 15 is 0 Å². The molecule has 5 amide bonds. The number of fused-ring (bicyclic) bond motifs is 2. The number of piperidine rings is 1. The lowest BCUT2D eigenvalue weighted by Gasteiger charge is -2.36. The first-order valence-electron chi connectivity index (χ1n) is 19.8. The maximum absolute atomic E-state index is 13.2.